The summed E-state index contributed by atoms with van der Waals surface area (Å²) in [4.78, 5) is 20.5. The Morgan fingerprint density at radius 2 is 1.40 bits per heavy atom. The first-order valence-electron chi connectivity index (χ1n) is 2.63. The molecule has 0 amide bonds. The van der Waals surface area contributed by atoms with Crippen molar-refractivity contribution >= 4 is 12.6 Å². The number of rotatable bonds is 2. The van der Waals surface area contributed by atoms with Crippen LogP contribution in [0.15, 0.2) is 24.3 Å². The van der Waals surface area contributed by atoms with Crippen molar-refractivity contribution < 1.29 is 26.7 Å². The Kier molecular flexibility index (Phi) is 3.26. The summed E-state index contributed by atoms with van der Waals surface area (Å²) in [7, 11) is 0. The fourth-order valence-electron chi connectivity index (χ4n) is 0.685. The fraction of sp³-hybridized carbons (Fsp3) is 0.143. The second kappa shape index (κ2) is 3.49. The summed E-state index contributed by atoms with van der Waals surface area (Å²) in [5, 5.41) is 0. The Hall–Kier alpha value is -0.661. The predicted octanol–water partition coefficient (Wildman–Crippen LogP) is 0.494. The van der Waals surface area contributed by atoms with Crippen molar-refractivity contribution in [3.05, 3.63) is 24.3 Å². The third kappa shape index (κ3) is 1.43. The molecule has 1 rings (SSSR count). The molecule has 0 aromatic carbocycles. The molecule has 0 bridgehead atoms. The molecule has 0 spiro atoms. The first kappa shape index (κ1) is 9.34. The van der Waals surface area contributed by atoms with E-state index in [-0.39, 0.29) is 17.1 Å². The van der Waals surface area contributed by atoms with E-state index in [0.717, 1.165) is 0 Å². The Labute approximate surface area is 69.5 Å². The van der Waals surface area contributed by atoms with Crippen molar-refractivity contribution in [2.24, 2.45) is 5.41 Å². The zero-order valence-electron chi connectivity index (χ0n) is 5.16. The first-order valence-corrected chi connectivity index (χ1v) is 2.63. The summed E-state index contributed by atoms with van der Waals surface area (Å²) in [6.07, 6.45) is 7.74. The van der Waals surface area contributed by atoms with Crippen LogP contribution in [-0.2, 0) is 26.7 Å². The zero-order chi connectivity index (χ0) is 6.74. The maximum Gasteiger partial charge on any atom is 0.140 e. The Bertz CT molecular complexity index is 172. The quantitative estimate of drug-likeness (QED) is 0.349. The largest absolute Gasteiger partial charge is 0.302 e. The number of hydrogen-bond acceptors (Lipinski definition) is 2. The van der Waals surface area contributed by atoms with Gasteiger partial charge in [0.1, 0.15) is 18.0 Å². The van der Waals surface area contributed by atoms with Crippen molar-refractivity contribution in [2.45, 2.75) is 0 Å². The molecular weight excluding hydrogens is 171 g/mol. The van der Waals surface area contributed by atoms with E-state index in [1.165, 1.54) is 0 Å². The van der Waals surface area contributed by atoms with Crippen LogP contribution in [0.3, 0.4) is 0 Å². The molecule has 1 aliphatic carbocycles. The monoisotopic (exact) mass is 177 g/mol. The predicted molar refractivity (Wildman–Crippen MR) is 32.8 cm³/mol. The van der Waals surface area contributed by atoms with E-state index in [9.17, 15) is 9.59 Å². The molecule has 0 saturated carbocycles. The van der Waals surface area contributed by atoms with E-state index in [0.29, 0.717) is 12.6 Å². The van der Waals surface area contributed by atoms with Gasteiger partial charge in [0.15, 0.2) is 0 Å². The number of allylic oxidation sites excluding steroid dienone is 4. The fourth-order valence-corrected chi connectivity index (χ4v) is 0.685. The van der Waals surface area contributed by atoms with Gasteiger partial charge in [-0.1, -0.05) is 24.3 Å². The molecule has 1 radical (unpaired) electrons. The molecular formula is C7H6MnO2. The molecule has 0 atom stereocenters. The molecule has 0 fully saturated rings. The van der Waals surface area contributed by atoms with Gasteiger partial charge in [0.25, 0.3) is 0 Å². The van der Waals surface area contributed by atoms with Crippen LogP contribution >= 0.6 is 0 Å². The van der Waals surface area contributed by atoms with E-state index in [4.69, 9.17) is 0 Å². The molecule has 2 nitrogen and oxygen atoms in total. The van der Waals surface area contributed by atoms with E-state index in [1.54, 1.807) is 24.3 Å². The van der Waals surface area contributed by atoms with Gasteiger partial charge in [-0.3, -0.25) is 0 Å². The van der Waals surface area contributed by atoms with Gasteiger partial charge in [0.2, 0.25) is 0 Å². The van der Waals surface area contributed by atoms with E-state index < -0.39 is 5.41 Å². The maximum absolute atomic E-state index is 10.2. The SMILES string of the molecule is O=CC1(C=O)C=CC=C1.[Mn]. The number of carbonyl (C=O) groups excluding carboxylic acids is 2. The minimum absolute atomic E-state index is 0. The zero-order valence-corrected chi connectivity index (χ0v) is 6.34. The normalized spacial score (nSPS) is 18.0. The van der Waals surface area contributed by atoms with Crippen LogP contribution < -0.4 is 0 Å². The minimum Gasteiger partial charge on any atom is -0.302 e. The van der Waals surface area contributed by atoms with Crippen molar-refractivity contribution in [3.8, 4) is 0 Å². The molecule has 0 aromatic heterocycles. The number of aldehydes is 2. The molecule has 10 heavy (non-hydrogen) atoms. The molecule has 53 valence electrons. The van der Waals surface area contributed by atoms with Gasteiger partial charge in [0.05, 0.1) is 0 Å². The van der Waals surface area contributed by atoms with Crippen LogP contribution in [0, 0.1) is 5.41 Å². The van der Waals surface area contributed by atoms with Crippen molar-refractivity contribution in [1.82, 2.24) is 0 Å². The van der Waals surface area contributed by atoms with Crippen molar-refractivity contribution in [3.63, 3.8) is 0 Å². The van der Waals surface area contributed by atoms with Crippen LogP contribution in [0.2, 0.25) is 0 Å². The second-order valence-corrected chi connectivity index (χ2v) is 1.95. The van der Waals surface area contributed by atoms with Crippen LogP contribution in [0.25, 0.3) is 0 Å². The summed E-state index contributed by atoms with van der Waals surface area (Å²) in [5.74, 6) is 0. The van der Waals surface area contributed by atoms with Gasteiger partial charge in [-0.15, -0.1) is 0 Å². The van der Waals surface area contributed by atoms with Crippen LogP contribution in [0.4, 0.5) is 0 Å². The van der Waals surface area contributed by atoms with E-state index in [1.807, 2.05) is 0 Å². The van der Waals surface area contributed by atoms with Gasteiger partial charge in [-0.2, -0.15) is 0 Å². The van der Waals surface area contributed by atoms with Gasteiger partial charge in [-0.25, -0.2) is 0 Å². The van der Waals surface area contributed by atoms with Gasteiger partial charge in [0, 0.05) is 17.1 Å². The summed E-state index contributed by atoms with van der Waals surface area (Å²) in [5.41, 5.74) is -0.944. The average molecular weight is 177 g/mol. The summed E-state index contributed by atoms with van der Waals surface area (Å²) >= 11 is 0. The smallest absolute Gasteiger partial charge is 0.140 e. The molecule has 0 saturated heterocycles. The second-order valence-electron chi connectivity index (χ2n) is 1.95. The van der Waals surface area contributed by atoms with E-state index >= 15 is 0 Å². The standard InChI is InChI=1S/C7H6O2.Mn/c8-5-7(6-9)3-1-2-4-7;/h1-6H;. The molecule has 0 unspecified atom stereocenters. The average Bonchev–Trinajstić information content (AvgIpc) is 2.36. The third-order valence-electron chi connectivity index (χ3n) is 1.29. The van der Waals surface area contributed by atoms with Crippen LogP contribution in [-0.4, -0.2) is 12.6 Å². The van der Waals surface area contributed by atoms with Crippen molar-refractivity contribution in [1.29, 1.82) is 0 Å². The Balaban J connectivity index is 0.000000810. The van der Waals surface area contributed by atoms with Crippen LogP contribution in [0.1, 0.15) is 0 Å². The summed E-state index contributed by atoms with van der Waals surface area (Å²) in [6.45, 7) is 0. The molecule has 0 heterocycles. The van der Waals surface area contributed by atoms with Gasteiger partial charge < -0.3 is 9.59 Å². The molecule has 0 N–H and O–H groups in total. The number of hydrogen-bond donors (Lipinski definition) is 0. The molecule has 1 aliphatic rings. The van der Waals surface area contributed by atoms with Gasteiger partial charge >= 0.3 is 0 Å². The summed E-state index contributed by atoms with van der Waals surface area (Å²) < 4.78 is 0. The first-order chi connectivity index (χ1) is 4.33. The van der Waals surface area contributed by atoms with E-state index in [2.05, 4.69) is 0 Å². The molecule has 0 aliphatic heterocycles. The van der Waals surface area contributed by atoms with Crippen LogP contribution in [0.5, 0.6) is 0 Å². The maximum atomic E-state index is 10.2. The molecule has 3 heteroatoms. The van der Waals surface area contributed by atoms with Gasteiger partial charge in [-0.05, 0) is 0 Å². The Morgan fingerprint density at radius 1 is 1.00 bits per heavy atom. The van der Waals surface area contributed by atoms with Crippen molar-refractivity contribution in [2.75, 3.05) is 0 Å². The summed E-state index contributed by atoms with van der Waals surface area (Å²) in [6, 6.07) is 0. The Morgan fingerprint density at radius 3 is 1.60 bits per heavy atom. The topological polar surface area (TPSA) is 34.1 Å². The third-order valence-corrected chi connectivity index (χ3v) is 1.29. The molecule has 0 aromatic rings. The number of carbonyl (C=O) groups is 2. The minimum atomic E-state index is -0.944.